The Labute approximate surface area is 143 Å². The molecule has 0 aliphatic carbocycles. The molecule has 0 spiro atoms. The summed E-state index contributed by atoms with van der Waals surface area (Å²) >= 11 is 7.37. The van der Waals surface area contributed by atoms with Gasteiger partial charge in [0, 0.05) is 24.2 Å². The van der Waals surface area contributed by atoms with Crippen molar-refractivity contribution < 1.29 is 4.39 Å². The van der Waals surface area contributed by atoms with Crippen LogP contribution < -0.4 is 0 Å². The summed E-state index contributed by atoms with van der Waals surface area (Å²) in [4.78, 5) is 0. The maximum absolute atomic E-state index is 13.7. The molecule has 1 heterocycles. The third-order valence-electron chi connectivity index (χ3n) is 3.52. The predicted octanol–water partition coefficient (Wildman–Crippen LogP) is 4.49. The quantitative estimate of drug-likeness (QED) is 0.637. The van der Waals surface area contributed by atoms with Crippen molar-refractivity contribution in [3.8, 4) is 0 Å². The Kier molecular flexibility index (Phi) is 4.98. The minimum Gasteiger partial charge on any atom is -0.309 e. The monoisotopic (exact) mass is 347 g/mol. The number of aromatic nitrogens is 3. The number of benzene rings is 2. The van der Waals surface area contributed by atoms with Crippen molar-refractivity contribution in [3.05, 3.63) is 76.3 Å². The highest BCUT2D eigenvalue weighted by Crippen LogP contribution is 2.23. The van der Waals surface area contributed by atoms with Crippen LogP contribution in [0.15, 0.2) is 53.7 Å². The highest BCUT2D eigenvalue weighted by molar-refractivity contribution is 7.98. The van der Waals surface area contributed by atoms with Crippen molar-refractivity contribution in [2.45, 2.75) is 17.3 Å². The van der Waals surface area contributed by atoms with Crippen LogP contribution in [-0.2, 0) is 19.2 Å². The average Bonchev–Trinajstić information content (AvgIpc) is 2.89. The zero-order valence-corrected chi connectivity index (χ0v) is 14.1. The summed E-state index contributed by atoms with van der Waals surface area (Å²) in [5, 5.41) is 9.93. The lowest BCUT2D eigenvalue weighted by Crippen LogP contribution is -2.00. The van der Waals surface area contributed by atoms with Gasteiger partial charge in [-0.15, -0.1) is 10.2 Å². The summed E-state index contributed by atoms with van der Waals surface area (Å²) < 4.78 is 15.6. The van der Waals surface area contributed by atoms with Crippen molar-refractivity contribution in [1.82, 2.24) is 14.8 Å². The summed E-state index contributed by atoms with van der Waals surface area (Å²) in [6.45, 7) is 0. The normalized spacial score (nSPS) is 10.9. The fraction of sp³-hybridized carbons (Fsp3) is 0.176. The topological polar surface area (TPSA) is 30.7 Å². The second kappa shape index (κ2) is 7.15. The third-order valence-corrected chi connectivity index (χ3v) is 4.84. The second-order valence-corrected chi connectivity index (χ2v) is 6.52. The van der Waals surface area contributed by atoms with Gasteiger partial charge in [-0.3, -0.25) is 0 Å². The van der Waals surface area contributed by atoms with E-state index in [-0.39, 0.29) is 5.82 Å². The molecule has 0 saturated carbocycles. The summed E-state index contributed by atoms with van der Waals surface area (Å²) in [6, 6.07) is 14.5. The lowest BCUT2D eigenvalue weighted by molar-refractivity contribution is 0.617. The number of nitrogens with zero attached hydrogens (tertiary/aromatic N) is 3. The van der Waals surface area contributed by atoms with Gasteiger partial charge in [-0.2, -0.15) is 0 Å². The number of halogens is 2. The molecule has 0 bridgehead atoms. The first-order chi connectivity index (χ1) is 11.1. The van der Waals surface area contributed by atoms with E-state index < -0.39 is 0 Å². The molecule has 0 aliphatic heterocycles. The van der Waals surface area contributed by atoms with Crippen LogP contribution in [0.3, 0.4) is 0 Å². The molecule has 0 N–H and O–H groups in total. The molecule has 0 aliphatic rings. The number of rotatable bonds is 5. The summed E-state index contributed by atoms with van der Waals surface area (Å²) in [5.74, 6) is 1.20. The smallest absolute Gasteiger partial charge is 0.191 e. The minimum atomic E-state index is -0.191. The maximum atomic E-state index is 13.7. The van der Waals surface area contributed by atoms with Crippen LogP contribution in [0.4, 0.5) is 4.39 Å². The molecule has 3 rings (SSSR count). The SMILES string of the molecule is Cn1c(Cc2ccc(Cl)cc2)nnc1SCc1ccccc1F. The number of hydrogen-bond acceptors (Lipinski definition) is 3. The van der Waals surface area contributed by atoms with Crippen LogP contribution in [0.2, 0.25) is 5.02 Å². The molecule has 0 saturated heterocycles. The summed E-state index contributed by atoms with van der Waals surface area (Å²) in [7, 11) is 1.93. The molecule has 0 fully saturated rings. The molecule has 0 unspecified atom stereocenters. The molecule has 118 valence electrons. The van der Waals surface area contributed by atoms with E-state index in [9.17, 15) is 4.39 Å². The van der Waals surface area contributed by atoms with Gasteiger partial charge in [0.05, 0.1) is 0 Å². The lowest BCUT2D eigenvalue weighted by Gasteiger charge is -2.05. The fourth-order valence-corrected chi connectivity index (χ4v) is 3.21. The molecule has 3 nitrogen and oxygen atoms in total. The Morgan fingerprint density at radius 1 is 1.09 bits per heavy atom. The zero-order valence-electron chi connectivity index (χ0n) is 12.5. The first-order valence-corrected chi connectivity index (χ1v) is 8.49. The van der Waals surface area contributed by atoms with E-state index in [4.69, 9.17) is 11.6 Å². The Balaban J connectivity index is 1.69. The zero-order chi connectivity index (χ0) is 16.2. The largest absolute Gasteiger partial charge is 0.309 e. The van der Waals surface area contributed by atoms with Crippen LogP contribution in [0.1, 0.15) is 17.0 Å². The maximum Gasteiger partial charge on any atom is 0.191 e. The van der Waals surface area contributed by atoms with Gasteiger partial charge in [0.15, 0.2) is 5.16 Å². The fourth-order valence-electron chi connectivity index (χ4n) is 2.17. The van der Waals surface area contributed by atoms with E-state index in [1.54, 1.807) is 12.1 Å². The van der Waals surface area contributed by atoms with Crippen LogP contribution >= 0.6 is 23.4 Å². The van der Waals surface area contributed by atoms with Gasteiger partial charge in [0.2, 0.25) is 0 Å². The van der Waals surface area contributed by atoms with Crippen LogP contribution in [0, 0.1) is 5.82 Å². The Hall–Kier alpha value is -1.85. The average molecular weight is 348 g/mol. The van der Waals surface area contributed by atoms with Crippen molar-refractivity contribution >= 4 is 23.4 Å². The van der Waals surface area contributed by atoms with Gasteiger partial charge in [-0.1, -0.05) is 53.7 Å². The standard InChI is InChI=1S/C17H15ClFN3S/c1-22-16(10-12-6-8-14(18)9-7-12)20-21-17(22)23-11-13-4-2-3-5-15(13)19/h2-9H,10-11H2,1H3. The highest BCUT2D eigenvalue weighted by atomic mass is 35.5. The van der Waals surface area contributed by atoms with Crippen LogP contribution in [0.25, 0.3) is 0 Å². The van der Waals surface area contributed by atoms with Crippen LogP contribution in [0.5, 0.6) is 0 Å². The molecule has 6 heteroatoms. The predicted molar refractivity (Wildman–Crippen MR) is 91.2 cm³/mol. The van der Waals surface area contributed by atoms with E-state index in [2.05, 4.69) is 10.2 Å². The minimum absolute atomic E-state index is 0.191. The van der Waals surface area contributed by atoms with Gasteiger partial charge in [-0.05, 0) is 29.3 Å². The van der Waals surface area contributed by atoms with Crippen molar-refractivity contribution in [1.29, 1.82) is 0 Å². The van der Waals surface area contributed by atoms with E-state index in [1.165, 1.54) is 17.8 Å². The third kappa shape index (κ3) is 3.92. The van der Waals surface area contributed by atoms with Gasteiger partial charge < -0.3 is 4.57 Å². The van der Waals surface area contributed by atoms with E-state index in [0.717, 1.165) is 16.5 Å². The Morgan fingerprint density at radius 3 is 2.57 bits per heavy atom. The number of hydrogen-bond donors (Lipinski definition) is 0. The molecule has 0 radical (unpaired) electrons. The highest BCUT2D eigenvalue weighted by Gasteiger charge is 2.11. The molecule has 0 amide bonds. The van der Waals surface area contributed by atoms with E-state index in [0.29, 0.717) is 22.8 Å². The van der Waals surface area contributed by atoms with Crippen molar-refractivity contribution in [2.24, 2.45) is 7.05 Å². The Morgan fingerprint density at radius 2 is 1.83 bits per heavy atom. The summed E-state index contributed by atoms with van der Waals surface area (Å²) in [5.41, 5.74) is 1.79. The molecular formula is C17H15ClFN3S. The van der Waals surface area contributed by atoms with Gasteiger partial charge >= 0.3 is 0 Å². The van der Waals surface area contributed by atoms with E-state index in [1.807, 2.05) is 41.9 Å². The van der Waals surface area contributed by atoms with Crippen molar-refractivity contribution in [2.75, 3.05) is 0 Å². The first-order valence-electron chi connectivity index (χ1n) is 7.12. The summed E-state index contributed by atoms with van der Waals surface area (Å²) in [6.07, 6.45) is 0.681. The molecule has 3 aromatic rings. The Bertz CT molecular complexity index is 802. The second-order valence-electron chi connectivity index (χ2n) is 5.14. The molecule has 1 aromatic heterocycles. The van der Waals surface area contributed by atoms with Crippen LogP contribution in [-0.4, -0.2) is 14.8 Å². The van der Waals surface area contributed by atoms with Gasteiger partial charge in [0.25, 0.3) is 0 Å². The molecular weight excluding hydrogens is 333 g/mol. The lowest BCUT2D eigenvalue weighted by atomic mass is 10.1. The molecule has 2 aromatic carbocycles. The molecule has 23 heavy (non-hydrogen) atoms. The number of thioether (sulfide) groups is 1. The van der Waals surface area contributed by atoms with Gasteiger partial charge in [0.1, 0.15) is 11.6 Å². The van der Waals surface area contributed by atoms with Crippen molar-refractivity contribution in [3.63, 3.8) is 0 Å². The first kappa shape index (κ1) is 16.0. The molecule has 0 atom stereocenters. The van der Waals surface area contributed by atoms with E-state index >= 15 is 0 Å². The van der Waals surface area contributed by atoms with Gasteiger partial charge in [-0.25, -0.2) is 4.39 Å².